The highest BCUT2D eigenvalue weighted by Gasteiger charge is 2.16. The molecular formula is C10H23N3O2. The first-order chi connectivity index (χ1) is 7.26. The molecule has 1 aliphatic rings. The maximum absolute atomic E-state index is 9.35. The van der Waals surface area contributed by atoms with Gasteiger partial charge in [0.05, 0.1) is 12.7 Å². The van der Waals surface area contributed by atoms with Crippen LogP contribution in [0.4, 0.5) is 0 Å². The zero-order valence-corrected chi connectivity index (χ0v) is 9.31. The molecule has 4 N–H and O–H groups in total. The lowest BCUT2D eigenvalue weighted by Gasteiger charge is -2.22. The fourth-order valence-corrected chi connectivity index (χ4v) is 1.97. The van der Waals surface area contributed by atoms with Crippen molar-refractivity contribution in [3.63, 3.8) is 0 Å². The second kappa shape index (κ2) is 7.14. The van der Waals surface area contributed by atoms with E-state index in [4.69, 9.17) is 10.8 Å². The van der Waals surface area contributed by atoms with Crippen molar-refractivity contribution in [1.29, 1.82) is 0 Å². The zero-order valence-electron chi connectivity index (χ0n) is 9.31. The van der Waals surface area contributed by atoms with Crippen molar-refractivity contribution >= 4 is 0 Å². The largest absolute Gasteiger partial charge is 0.394 e. The molecule has 0 aromatic heterocycles. The quantitative estimate of drug-likeness (QED) is 0.512. The van der Waals surface area contributed by atoms with E-state index in [2.05, 4.69) is 9.80 Å². The Labute approximate surface area is 91.5 Å². The minimum Gasteiger partial charge on any atom is -0.394 e. The van der Waals surface area contributed by atoms with E-state index in [0.717, 1.165) is 39.1 Å². The van der Waals surface area contributed by atoms with Crippen LogP contribution in [-0.2, 0) is 0 Å². The number of hydrogen-bond acceptors (Lipinski definition) is 5. The van der Waals surface area contributed by atoms with Crippen LogP contribution in [0.25, 0.3) is 0 Å². The molecule has 15 heavy (non-hydrogen) atoms. The third kappa shape index (κ3) is 4.90. The lowest BCUT2D eigenvalue weighted by Crippen LogP contribution is -2.38. The van der Waals surface area contributed by atoms with Crippen LogP contribution in [0, 0.1) is 0 Å². The predicted molar refractivity (Wildman–Crippen MR) is 59.6 cm³/mol. The van der Waals surface area contributed by atoms with Gasteiger partial charge in [0.1, 0.15) is 0 Å². The Morgan fingerprint density at radius 3 is 2.47 bits per heavy atom. The average molecular weight is 217 g/mol. The number of hydrogen-bond donors (Lipinski definition) is 3. The van der Waals surface area contributed by atoms with Crippen molar-refractivity contribution in [2.75, 3.05) is 52.4 Å². The molecule has 0 aromatic carbocycles. The van der Waals surface area contributed by atoms with Crippen molar-refractivity contribution in [2.24, 2.45) is 5.73 Å². The molecule has 0 spiro atoms. The number of aliphatic hydroxyl groups excluding tert-OH is 2. The molecule has 1 rings (SSSR count). The molecular weight excluding hydrogens is 194 g/mol. The van der Waals surface area contributed by atoms with Gasteiger partial charge in [0, 0.05) is 32.7 Å². The molecule has 0 aliphatic carbocycles. The van der Waals surface area contributed by atoms with Gasteiger partial charge >= 0.3 is 0 Å². The Morgan fingerprint density at radius 2 is 1.80 bits per heavy atom. The normalized spacial score (nSPS) is 22.6. The van der Waals surface area contributed by atoms with Crippen molar-refractivity contribution in [3.05, 3.63) is 0 Å². The third-order valence-electron chi connectivity index (χ3n) is 2.81. The van der Waals surface area contributed by atoms with Crippen LogP contribution in [-0.4, -0.2) is 78.5 Å². The molecule has 1 atom stereocenters. The molecule has 1 saturated heterocycles. The summed E-state index contributed by atoms with van der Waals surface area (Å²) in [5, 5.41) is 18.1. The van der Waals surface area contributed by atoms with Crippen molar-refractivity contribution in [1.82, 2.24) is 9.80 Å². The molecule has 0 saturated carbocycles. The van der Waals surface area contributed by atoms with E-state index in [1.54, 1.807) is 0 Å². The van der Waals surface area contributed by atoms with Crippen LogP contribution in [0.5, 0.6) is 0 Å². The molecule has 5 nitrogen and oxygen atoms in total. The molecule has 1 aliphatic heterocycles. The maximum Gasteiger partial charge on any atom is 0.0897 e. The molecule has 0 amide bonds. The predicted octanol–water partition coefficient (Wildman–Crippen LogP) is -1.69. The smallest absolute Gasteiger partial charge is 0.0897 e. The van der Waals surface area contributed by atoms with Gasteiger partial charge < -0.3 is 20.8 Å². The summed E-state index contributed by atoms with van der Waals surface area (Å²) in [4.78, 5) is 4.56. The zero-order chi connectivity index (χ0) is 11.1. The van der Waals surface area contributed by atoms with E-state index < -0.39 is 6.10 Å². The van der Waals surface area contributed by atoms with E-state index >= 15 is 0 Å². The lowest BCUT2D eigenvalue weighted by atomic mass is 10.3. The highest BCUT2D eigenvalue weighted by atomic mass is 16.3. The summed E-state index contributed by atoms with van der Waals surface area (Å²) in [6, 6.07) is 0. The molecule has 90 valence electrons. The fraction of sp³-hybridized carbons (Fsp3) is 1.00. The second-order valence-electron chi connectivity index (χ2n) is 4.12. The number of rotatable bonds is 5. The summed E-state index contributed by atoms with van der Waals surface area (Å²) in [5.74, 6) is 0. The topological polar surface area (TPSA) is 73.0 Å². The van der Waals surface area contributed by atoms with Crippen LogP contribution < -0.4 is 5.73 Å². The van der Waals surface area contributed by atoms with Gasteiger partial charge in [-0.1, -0.05) is 0 Å². The summed E-state index contributed by atoms with van der Waals surface area (Å²) in [7, 11) is 0. The number of aliphatic hydroxyl groups is 2. The van der Waals surface area contributed by atoms with Gasteiger partial charge in [0.25, 0.3) is 0 Å². The first-order valence-electron chi connectivity index (χ1n) is 5.70. The highest BCUT2D eigenvalue weighted by Crippen LogP contribution is 2.03. The van der Waals surface area contributed by atoms with Gasteiger partial charge in [-0.25, -0.2) is 0 Å². The average Bonchev–Trinajstić information content (AvgIpc) is 2.45. The van der Waals surface area contributed by atoms with E-state index in [1.807, 2.05) is 0 Å². The van der Waals surface area contributed by atoms with Gasteiger partial charge in [-0.2, -0.15) is 0 Å². The molecule has 1 fully saturated rings. The minimum atomic E-state index is -0.606. The van der Waals surface area contributed by atoms with Crippen LogP contribution in [0.2, 0.25) is 0 Å². The molecule has 0 bridgehead atoms. The van der Waals surface area contributed by atoms with Gasteiger partial charge in [-0.15, -0.1) is 0 Å². The van der Waals surface area contributed by atoms with Gasteiger partial charge in [0.2, 0.25) is 0 Å². The van der Waals surface area contributed by atoms with E-state index in [9.17, 15) is 5.11 Å². The standard InChI is InChI=1S/C10H23N3O2/c11-2-5-12-3-1-4-13(7-6-12)8-10(15)9-14/h10,14-15H,1-9,11H2. The Kier molecular flexibility index (Phi) is 6.12. The molecule has 1 heterocycles. The molecule has 1 unspecified atom stereocenters. The van der Waals surface area contributed by atoms with Gasteiger partial charge in [0.15, 0.2) is 0 Å². The molecule has 5 heteroatoms. The molecule has 0 radical (unpaired) electrons. The Bertz CT molecular complexity index is 169. The Balaban J connectivity index is 2.26. The summed E-state index contributed by atoms with van der Waals surface area (Å²) in [6.07, 6.45) is 0.504. The van der Waals surface area contributed by atoms with E-state index in [-0.39, 0.29) is 6.61 Å². The van der Waals surface area contributed by atoms with E-state index in [1.165, 1.54) is 0 Å². The first-order valence-corrected chi connectivity index (χ1v) is 5.70. The van der Waals surface area contributed by atoms with Crippen molar-refractivity contribution in [3.8, 4) is 0 Å². The van der Waals surface area contributed by atoms with E-state index in [0.29, 0.717) is 13.1 Å². The lowest BCUT2D eigenvalue weighted by molar-refractivity contribution is 0.0603. The summed E-state index contributed by atoms with van der Waals surface area (Å²) >= 11 is 0. The van der Waals surface area contributed by atoms with Gasteiger partial charge in [-0.05, 0) is 19.5 Å². The van der Waals surface area contributed by atoms with Crippen molar-refractivity contribution < 1.29 is 10.2 Å². The number of nitrogens with zero attached hydrogens (tertiary/aromatic N) is 2. The van der Waals surface area contributed by atoms with Crippen LogP contribution >= 0.6 is 0 Å². The summed E-state index contributed by atoms with van der Waals surface area (Å²) in [5.41, 5.74) is 5.52. The fourth-order valence-electron chi connectivity index (χ4n) is 1.97. The summed E-state index contributed by atoms with van der Waals surface area (Å²) in [6.45, 7) is 6.14. The minimum absolute atomic E-state index is 0.150. The molecule has 0 aromatic rings. The first kappa shape index (κ1) is 12.9. The number of β-amino-alcohol motifs (C(OH)–C–C–N with tert-alkyl or cyclic N) is 1. The van der Waals surface area contributed by atoms with Crippen molar-refractivity contribution in [2.45, 2.75) is 12.5 Å². The monoisotopic (exact) mass is 217 g/mol. The number of nitrogens with two attached hydrogens (primary N) is 1. The summed E-state index contributed by atoms with van der Waals surface area (Å²) < 4.78 is 0. The maximum atomic E-state index is 9.35. The van der Waals surface area contributed by atoms with Crippen LogP contribution in [0.15, 0.2) is 0 Å². The van der Waals surface area contributed by atoms with Crippen LogP contribution in [0.3, 0.4) is 0 Å². The highest BCUT2D eigenvalue weighted by molar-refractivity contribution is 4.71. The second-order valence-corrected chi connectivity index (χ2v) is 4.12. The SMILES string of the molecule is NCCN1CCCN(CC(O)CO)CC1. The Morgan fingerprint density at radius 1 is 1.13 bits per heavy atom. The van der Waals surface area contributed by atoms with Crippen LogP contribution in [0.1, 0.15) is 6.42 Å². The van der Waals surface area contributed by atoms with Gasteiger partial charge in [-0.3, -0.25) is 4.90 Å². The Hall–Kier alpha value is -0.200. The third-order valence-corrected chi connectivity index (χ3v) is 2.81.